The zero-order valence-corrected chi connectivity index (χ0v) is 16.7. The van der Waals surface area contributed by atoms with Crippen molar-refractivity contribution >= 4 is 29.9 Å². The number of nitrogens with zero attached hydrogens (tertiary/aromatic N) is 1. The summed E-state index contributed by atoms with van der Waals surface area (Å²) < 4.78 is 5.33. The van der Waals surface area contributed by atoms with Crippen molar-refractivity contribution in [2.75, 3.05) is 32.8 Å². The summed E-state index contributed by atoms with van der Waals surface area (Å²) in [5.74, 6) is 0.951. The van der Waals surface area contributed by atoms with Crippen molar-refractivity contribution in [2.45, 2.75) is 51.9 Å². The smallest absolute Gasteiger partial charge is 0.191 e. The van der Waals surface area contributed by atoms with Gasteiger partial charge in [-0.25, -0.2) is 0 Å². The van der Waals surface area contributed by atoms with Crippen LogP contribution in [0.3, 0.4) is 0 Å². The molecule has 5 heteroatoms. The van der Waals surface area contributed by atoms with Crippen molar-refractivity contribution in [2.24, 2.45) is 4.99 Å². The monoisotopic (exact) mass is 433 g/mol. The molecule has 0 saturated heterocycles. The summed E-state index contributed by atoms with van der Waals surface area (Å²) in [5, 5.41) is 6.79. The first kappa shape index (κ1) is 20.5. The molecule has 2 N–H and O–H groups in total. The number of hydrogen-bond donors (Lipinski definition) is 2. The number of nitrogens with one attached hydrogen (secondary N) is 2. The van der Waals surface area contributed by atoms with Gasteiger partial charge in [0.1, 0.15) is 0 Å². The molecule has 0 saturated carbocycles. The fourth-order valence-corrected chi connectivity index (χ4v) is 2.92. The second-order valence-electron chi connectivity index (χ2n) is 5.98. The molecule has 1 aliphatic heterocycles. The fourth-order valence-electron chi connectivity index (χ4n) is 2.92. The molecule has 0 amide bonds. The standard InChI is InChI=1S/C18H31N3O.HI/c1-2-19-18(20-12-8-16-6-4-3-5-7-16)21-13-9-17-10-14-22-15-11-17;/h6,10H,2-5,7-9,11-15H2,1H3,(H2,19,20,21);1H. The molecule has 0 aromatic carbocycles. The topological polar surface area (TPSA) is 45.7 Å². The van der Waals surface area contributed by atoms with Crippen LogP contribution in [0.4, 0.5) is 0 Å². The van der Waals surface area contributed by atoms with E-state index in [1.807, 2.05) is 0 Å². The maximum atomic E-state index is 5.33. The first-order valence-electron chi connectivity index (χ1n) is 8.84. The molecule has 1 heterocycles. The van der Waals surface area contributed by atoms with Crippen LogP contribution in [0, 0.1) is 0 Å². The van der Waals surface area contributed by atoms with E-state index in [-0.39, 0.29) is 24.0 Å². The Kier molecular flexibility index (Phi) is 11.4. The Morgan fingerprint density at radius 2 is 2.00 bits per heavy atom. The van der Waals surface area contributed by atoms with Crippen LogP contribution in [0.15, 0.2) is 28.3 Å². The summed E-state index contributed by atoms with van der Waals surface area (Å²) in [7, 11) is 0. The Morgan fingerprint density at radius 1 is 1.13 bits per heavy atom. The average Bonchev–Trinajstić information content (AvgIpc) is 2.57. The molecule has 0 aromatic heterocycles. The van der Waals surface area contributed by atoms with E-state index in [2.05, 4.69) is 34.7 Å². The number of hydrogen-bond acceptors (Lipinski definition) is 2. The minimum atomic E-state index is 0. The third-order valence-electron chi connectivity index (χ3n) is 4.23. The van der Waals surface area contributed by atoms with Gasteiger partial charge in [-0.3, -0.25) is 4.99 Å². The number of allylic oxidation sites excluding steroid dienone is 1. The molecular weight excluding hydrogens is 401 g/mol. The van der Waals surface area contributed by atoms with Gasteiger partial charge < -0.3 is 15.4 Å². The normalized spacial score (nSPS) is 18.6. The van der Waals surface area contributed by atoms with E-state index in [1.165, 1.54) is 31.3 Å². The van der Waals surface area contributed by atoms with Crippen molar-refractivity contribution in [3.63, 3.8) is 0 Å². The molecule has 23 heavy (non-hydrogen) atoms. The van der Waals surface area contributed by atoms with Crippen molar-refractivity contribution in [3.8, 4) is 0 Å². The summed E-state index contributed by atoms with van der Waals surface area (Å²) in [4.78, 5) is 4.68. The van der Waals surface area contributed by atoms with Crippen LogP contribution in [0.5, 0.6) is 0 Å². The zero-order chi connectivity index (χ0) is 15.5. The number of halogens is 1. The lowest BCUT2D eigenvalue weighted by atomic mass is 9.97. The number of guanidine groups is 1. The molecule has 2 aliphatic rings. The quantitative estimate of drug-likeness (QED) is 0.278. The van der Waals surface area contributed by atoms with Crippen molar-refractivity contribution in [3.05, 3.63) is 23.3 Å². The second-order valence-corrected chi connectivity index (χ2v) is 5.98. The molecule has 1 aliphatic carbocycles. The van der Waals surface area contributed by atoms with Gasteiger partial charge in [0.15, 0.2) is 5.96 Å². The third kappa shape index (κ3) is 8.74. The summed E-state index contributed by atoms with van der Waals surface area (Å²) in [6.45, 7) is 6.49. The average molecular weight is 433 g/mol. The van der Waals surface area contributed by atoms with Crippen LogP contribution in [0.2, 0.25) is 0 Å². The highest BCUT2D eigenvalue weighted by molar-refractivity contribution is 14.0. The van der Waals surface area contributed by atoms with Crippen LogP contribution >= 0.6 is 24.0 Å². The largest absolute Gasteiger partial charge is 0.377 e. The minimum absolute atomic E-state index is 0. The summed E-state index contributed by atoms with van der Waals surface area (Å²) >= 11 is 0. The van der Waals surface area contributed by atoms with Gasteiger partial charge in [0.25, 0.3) is 0 Å². The Labute approximate surface area is 158 Å². The van der Waals surface area contributed by atoms with Gasteiger partial charge in [0.05, 0.1) is 13.2 Å². The number of ether oxygens (including phenoxy) is 1. The van der Waals surface area contributed by atoms with Crippen molar-refractivity contribution in [1.82, 2.24) is 10.6 Å². The summed E-state index contributed by atoms with van der Waals surface area (Å²) in [6.07, 6.45) is 13.2. The molecule has 0 atom stereocenters. The Bertz CT molecular complexity index is 418. The SMILES string of the molecule is CCNC(=NCCC1=CCOCC1)NCCC1=CCCCC1.I. The number of aliphatic imine (C=N–C) groups is 1. The fraction of sp³-hybridized carbons (Fsp3) is 0.722. The Morgan fingerprint density at radius 3 is 2.70 bits per heavy atom. The van der Waals surface area contributed by atoms with Crippen LogP contribution in [0.1, 0.15) is 51.9 Å². The first-order valence-corrected chi connectivity index (χ1v) is 8.84. The highest BCUT2D eigenvalue weighted by atomic mass is 127. The minimum Gasteiger partial charge on any atom is -0.377 e. The third-order valence-corrected chi connectivity index (χ3v) is 4.23. The van der Waals surface area contributed by atoms with Crippen LogP contribution in [0.25, 0.3) is 0 Å². The molecule has 0 bridgehead atoms. The van der Waals surface area contributed by atoms with Crippen LogP contribution in [-0.4, -0.2) is 38.8 Å². The van der Waals surface area contributed by atoms with Gasteiger partial charge in [0, 0.05) is 19.6 Å². The van der Waals surface area contributed by atoms with E-state index in [0.29, 0.717) is 0 Å². The van der Waals surface area contributed by atoms with E-state index >= 15 is 0 Å². The van der Waals surface area contributed by atoms with E-state index in [4.69, 9.17) is 4.74 Å². The van der Waals surface area contributed by atoms with Crippen molar-refractivity contribution < 1.29 is 4.74 Å². The highest BCUT2D eigenvalue weighted by Crippen LogP contribution is 2.19. The van der Waals surface area contributed by atoms with Gasteiger partial charge in [-0.05, 0) is 51.9 Å². The number of rotatable bonds is 7. The molecular formula is C18H32IN3O. The van der Waals surface area contributed by atoms with Gasteiger partial charge >= 0.3 is 0 Å². The van der Waals surface area contributed by atoms with Crippen molar-refractivity contribution in [1.29, 1.82) is 0 Å². The van der Waals surface area contributed by atoms with Crippen LogP contribution < -0.4 is 10.6 Å². The molecule has 132 valence electrons. The lowest BCUT2D eigenvalue weighted by Crippen LogP contribution is -2.38. The first-order chi connectivity index (χ1) is 10.9. The molecule has 2 rings (SSSR count). The van der Waals surface area contributed by atoms with Gasteiger partial charge in [-0.1, -0.05) is 23.3 Å². The van der Waals surface area contributed by atoms with E-state index in [0.717, 1.165) is 58.1 Å². The maximum Gasteiger partial charge on any atom is 0.191 e. The zero-order valence-electron chi connectivity index (χ0n) is 14.4. The lowest BCUT2D eigenvalue weighted by Gasteiger charge is -2.15. The Hall–Kier alpha value is -0.560. The van der Waals surface area contributed by atoms with Gasteiger partial charge in [-0.2, -0.15) is 0 Å². The molecule has 0 spiro atoms. The predicted octanol–water partition coefficient (Wildman–Crippen LogP) is 3.79. The molecule has 0 unspecified atom stereocenters. The van der Waals surface area contributed by atoms with E-state index < -0.39 is 0 Å². The molecule has 0 radical (unpaired) electrons. The second kappa shape index (κ2) is 12.8. The molecule has 4 nitrogen and oxygen atoms in total. The van der Waals surface area contributed by atoms with Gasteiger partial charge in [-0.15, -0.1) is 24.0 Å². The molecule has 0 aromatic rings. The maximum absolute atomic E-state index is 5.33. The summed E-state index contributed by atoms with van der Waals surface area (Å²) in [5.41, 5.74) is 3.10. The van der Waals surface area contributed by atoms with Crippen LogP contribution in [-0.2, 0) is 4.74 Å². The highest BCUT2D eigenvalue weighted by Gasteiger charge is 2.05. The lowest BCUT2D eigenvalue weighted by molar-refractivity contribution is 0.153. The molecule has 0 fully saturated rings. The van der Waals surface area contributed by atoms with E-state index in [9.17, 15) is 0 Å². The van der Waals surface area contributed by atoms with E-state index in [1.54, 1.807) is 5.57 Å². The summed E-state index contributed by atoms with van der Waals surface area (Å²) in [6, 6.07) is 0. The Balaban J connectivity index is 0.00000264. The van der Waals surface area contributed by atoms with Gasteiger partial charge in [0.2, 0.25) is 0 Å². The predicted molar refractivity (Wildman–Crippen MR) is 109 cm³/mol.